The second-order valence-corrected chi connectivity index (χ2v) is 16.5. The van der Waals surface area contributed by atoms with Crippen molar-refractivity contribution in [3.8, 4) is 46.4 Å². The van der Waals surface area contributed by atoms with Crippen molar-refractivity contribution in [2.24, 2.45) is 28.0 Å². The Morgan fingerprint density at radius 3 is 2.08 bits per heavy atom. The quantitative estimate of drug-likeness (QED) is 0.164. The summed E-state index contributed by atoms with van der Waals surface area (Å²) >= 11 is 0. The molecule has 0 unspecified atom stereocenters. The largest absolute Gasteiger partial charge is 0.488 e. The minimum absolute atomic E-state index is 0.0539. The first-order chi connectivity index (χ1) is 29.0. The van der Waals surface area contributed by atoms with Gasteiger partial charge < -0.3 is 29.6 Å². The Morgan fingerprint density at radius 1 is 0.881 bits per heavy atom. The molecule has 310 valence electrons. The topological polar surface area (TPSA) is 139 Å². The zero-order chi connectivity index (χ0) is 40.6. The van der Waals surface area contributed by atoms with E-state index in [1.54, 1.807) is 12.4 Å². The molecule has 2 saturated heterocycles. The maximum atomic E-state index is 12.2. The summed E-state index contributed by atoms with van der Waals surface area (Å²) in [5, 5.41) is 4.50. The van der Waals surface area contributed by atoms with E-state index in [0.717, 1.165) is 93.0 Å². The molecule has 0 atom stereocenters. The molecule has 1 spiro atoms. The Morgan fingerprint density at radius 2 is 1.49 bits per heavy atom. The smallest absolute Gasteiger partial charge is 0.244 e. The second-order valence-electron chi connectivity index (χ2n) is 16.5. The first-order valence-corrected chi connectivity index (χ1v) is 21.8. The zero-order valence-electron chi connectivity index (χ0n) is 34.5. The van der Waals surface area contributed by atoms with Crippen molar-refractivity contribution in [2.75, 3.05) is 32.8 Å². The predicted molar refractivity (Wildman–Crippen MR) is 226 cm³/mol. The number of aliphatic imine (C=N–C) groups is 1. The van der Waals surface area contributed by atoms with Gasteiger partial charge in [-0.05, 0) is 89.2 Å². The van der Waals surface area contributed by atoms with Gasteiger partial charge in [-0.1, -0.05) is 37.5 Å². The summed E-state index contributed by atoms with van der Waals surface area (Å²) in [7, 11) is 0. The molecule has 0 aromatic carbocycles. The zero-order valence-corrected chi connectivity index (χ0v) is 34.5. The molecule has 10 rings (SSSR count). The maximum Gasteiger partial charge on any atom is 0.244 e. The lowest BCUT2D eigenvalue weighted by Crippen LogP contribution is -2.35. The van der Waals surface area contributed by atoms with Crippen molar-refractivity contribution >= 4 is 17.7 Å². The van der Waals surface area contributed by atoms with Crippen LogP contribution in [0.3, 0.4) is 0 Å². The van der Waals surface area contributed by atoms with E-state index in [4.69, 9.17) is 24.7 Å². The van der Waals surface area contributed by atoms with Gasteiger partial charge in [-0.3, -0.25) is 24.4 Å². The fraction of sp³-hybridized carbons (Fsp3) is 0.553. The number of rotatable bonds is 11. The number of nitrogens with two attached hydrogens (primary N) is 1. The van der Waals surface area contributed by atoms with Gasteiger partial charge in [0, 0.05) is 83.6 Å². The van der Waals surface area contributed by atoms with Crippen LogP contribution in [0, 0.1) is 40.9 Å². The Kier molecular flexibility index (Phi) is 13.0. The third-order valence-corrected chi connectivity index (χ3v) is 11.1. The van der Waals surface area contributed by atoms with E-state index in [9.17, 15) is 4.79 Å². The first kappa shape index (κ1) is 40.6. The molecule has 59 heavy (non-hydrogen) atoms. The highest BCUT2D eigenvalue weighted by Gasteiger charge is 2.47. The lowest BCUT2D eigenvalue weighted by molar-refractivity contribution is -0.213. The lowest BCUT2D eigenvalue weighted by Gasteiger charge is -2.29. The van der Waals surface area contributed by atoms with Crippen LogP contribution >= 0.6 is 0 Å². The summed E-state index contributed by atoms with van der Waals surface area (Å²) in [4.78, 5) is 27.5. The van der Waals surface area contributed by atoms with Gasteiger partial charge in [-0.2, -0.15) is 5.10 Å². The standard InChI is InChI=1S/C23H25N3O3.C22H26N4O2.C2H6/c1-2-16(1)3-4-17-9-20(29-19-5-6-19)22(24-10-17)18-11-25-26(12-18)13-21-27-14-23(7-8-23)15-28-21;23-12-18(14-24-15-21(27)26-9-1-2-10-26)22-20(28-19-7-8-19)11-17(13-25-22)6-5-16-3-4-16;1-2/h9-12,16,19,21H,1-2,5-8,13-15H2;11-14,16,19H,1-4,7-10,15,23H2;1-2H3/b;18-12+,24-14?;. The van der Waals surface area contributed by atoms with Gasteiger partial charge in [0.2, 0.25) is 5.91 Å². The normalized spacial score (nSPS) is 20.6. The number of carbonyl (C=O) groups is 1. The summed E-state index contributed by atoms with van der Waals surface area (Å²) < 4.78 is 25.8. The molecule has 7 fully saturated rings. The molecular weight excluding hydrogens is 743 g/mol. The number of nitrogens with zero attached hydrogens (tertiary/aromatic N) is 6. The number of carbonyl (C=O) groups excluding carboxylic acids is 1. The minimum Gasteiger partial charge on any atom is -0.488 e. The highest BCUT2D eigenvalue weighted by molar-refractivity contribution is 6.10. The number of allylic oxidation sites excluding steroid dienone is 1. The summed E-state index contributed by atoms with van der Waals surface area (Å²) in [6, 6.07) is 3.96. The molecule has 3 aromatic rings. The van der Waals surface area contributed by atoms with E-state index < -0.39 is 0 Å². The molecule has 12 heteroatoms. The molecule has 3 aromatic heterocycles. The average Bonchev–Trinajstić information content (AvgIpc) is 3.99. The van der Waals surface area contributed by atoms with Gasteiger partial charge in [0.15, 0.2) is 6.29 Å². The molecule has 5 heterocycles. The van der Waals surface area contributed by atoms with E-state index in [-0.39, 0.29) is 24.8 Å². The molecule has 7 aliphatic rings. The van der Waals surface area contributed by atoms with Gasteiger partial charge in [0.05, 0.1) is 38.2 Å². The molecule has 0 bridgehead atoms. The fourth-order valence-electron chi connectivity index (χ4n) is 6.61. The molecule has 2 N–H and O–H groups in total. The summed E-state index contributed by atoms with van der Waals surface area (Å²) in [5.74, 6) is 15.6. The molecule has 0 radical (unpaired) electrons. The average molecular weight is 800 g/mol. The molecule has 5 aliphatic carbocycles. The number of likely N-dealkylation sites (tertiary alicyclic amines) is 1. The third kappa shape index (κ3) is 11.7. The first-order valence-electron chi connectivity index (χ1n) is 21.8. The molecular formula is C47H57N7O5. The van der Waals surface area contributed by atoms with Gasteiger partial charge >= 0.3 is 0 Å². The molecule has 2 aliphatic heterocycles. The molecule has 1 amide bonds. The van der Waals surface area contributed by atoms with Crippen molar-refractivity contribution in [1.29, 1.82) is 0 Å². The highest BCUT2D eigenvalue weighted by atomic mass is 16.7. The van der Waals surface area contributed by atoms with Crippen LogP contribution in [0.2, 0.25) is 0 Å². The molecule has 12 nitrogen and oxygen atoms in total. The van der Waals surface area contributed by atoms with Crippen LogP contribution in [0.25, 0.3) is 16.8 Å². The predicted octanol–water partition coefficient (Wildman–Crippen LogP) is 6.80. The summed E-state index contributed by atoms with van der Waals surface area (Å²) in [5.41, 5.74) is 11.0. The van der Waals surface area contributed by atoms with Crippen LogP contribution in [-0.2, 0) is 20.8 Å². The van der Waals surface area contributed by atoms with E-state index in [1.807, 2.05) is 54.2 Å². The molecule has 5 saturated carbocycles. The van der Waals surface area contributed by atoms with Crippen LogP contribution in [0.5, 0.6) is 11.5 Å². The van der Waals surface area contributed by atoms with E-state index in [0.29, 0.717) is 46.9 Å². The SMILES string of the molecule is C(#CC1CC1)c1cnc(-c2cnn(CC3OCC4(CC4)CO3)c2)c(OC2CC2)c1.CC.N/C=C(\C=NCC(=O)N1CCCC1)c1ncc(C#CC2CC2)cc1OC1CC1. The lowest BCUT2D eigenvalue weighted by atomic mass is 10.1. The van der Waals surface area contributed by atoms with Crippen molar-refractivity contribution in [3.05, 3.63) is 59.9 Å². The number of ether oxygens (including phenoxy) is 4. The van der Waals surface area contributed by atoms with Gasteiger partial charge in [0.25, 0.3) is 0 Å². The van der Waals surface area contributed by atoms with Crippen molar-refractivity contribution in [3.63, 3.8) is 0 Å². The highest BCUT2D eigenvalue weighted by Crippen LogP contribution is 2.48. The number of hydrogen-bond donors (Lipinski definition) is 1. The number of pyridine rings is 2. The van der Waals surface area contributed by atoms with Crippen molar-refractivity contribution in [1.82, 2.24) is 24.6 Å². The van der Waals surface area contributed by atoms with Gasteiger partial charge in [-0.25, -0.2) is 0 Å². The van der Waals surface area contributed by atoms with Crippen molar-refractivity contribution in [2.45, 2.75) is 116 Å². The third-order valence-electron chi connectivity index (χ3n) is 11.1. The number of hydrogen-bond acceptors (Lipinski definition) is 10. The van der Waals surface area contributed by atoms with Gasteiger partial charge in [0.1, 0.15) is 29.4 Å². The summed E-state index contributed by atoms with van der Waals surface area (Å²) in [6.07, 6.45) is 24.5. The Balaban J connectivity index is 0.000000158. The fourth-order valence-corrected chi connectivity index (χ4v) is 6.61. The van der Waals surface area contributed by atoms with Crippen LogP contribution in [0.1, 0.15) is 108 Å². The number of aromatic nitrogens is 4. The maximum absolute atomic E-state index is 12.2. The Bertz CT molecular complexity index is 2120. The van der Waals surface area contributed by atoms with E-state index in [2.05, 4.69) is 43.7 Å². The van der Waals surface area contributed by atoms with Crippen LogP contribution in [-0.4, -0.2) is 88.1 Å². The van der Waals surface area contributed by atoms with Crippen molar-refractivity contribution < 1.29 is 23.7 Å². The summed E-state index contributed by atoms with van der Waals surface area (Å²) in [6.45, 7) is 7.98. The monoisotopic (exact) mass is 799 g/mol. The second kappa shape index (κ2) is 18.8. The van der Waals surface area contributed by atoms with Gasteiger partial charge in [-0.15, -0.1) is 0 Å². The van der Waals surface area contributed by atoms with Crippen LogP contribution < -0.4 is 15.2 Å². The minimum atomic E-state index is -0.232. The Labute approximate surface area is 348 Å². The van der Waals surface area contributed by atoms with E-state index >= 15 is 0 Å². The number of amides is 1. The van der Waals surface area contributed by atoms with Crippen LogP contribution in [0.15, 0.2) is 48.1 Å². The Hall–Kier alpha value is -5.17. The van der Waals surface area contributed by atoms with Crippen LogP contribution in [0.4, 0.5) is 0 Å². The van der Waals surface area contributed by atoms with E-state index in [1.165, 1.54) is 44.7 Å².